The third kappa shape index (κ3) is 5.41. The van der Waals surface area contributed by atoms with E-state index in [-0.39, 0.29) is 30.0 Å². The fourth-order valence-corrected chi connectivity index (χ4v) is 3.11. The van der Waals surface area contributed by atoms with Gasteiger partial charge >= 0.3 is 0 Å². The van der Waals surface area contributed by atoms with Crippen LogP contribution in [0.2, 0.25) is 0 Å². The molecular formula is C16H20N8O2. The highest BCUT2D eigenvalue weighted by Gasteiger charge is 2.24. The first kappa shape index (κ1) is 19.1. The summed E-state index contributed by atoms with van der Waals surface area (Å²) in [6.07, 6.45) is 3.18. The van der Waals surface area contributed by atoms with Crippen molar-refractivity contribution in [3.05, 3.63) is 50.2 Å². The summed E-state index contributed by atoms with van der Waals surface area (Å²) in [6, 6.07) is 4.65. The van der Waals surface area contributed by atoms with Crippen molar-refractivity contribution in [1.29, 1.82) is 0 Å². The van der Waals surface area contributed by atoms with Crippen molar-refractivity contribution in [3.63, 3.8) is 0 Å². The predicted molar refractivity (Wildman–Crippen MR) is 95.1 cm³/mol. The van der Waals surface area contributed by atoms with Crippen LogP contribution in [-0.4, -0.2) is 18.4 Å². The van der Waals surface area contributed by atoms with Crippen LogP contribution in [0.15, 0.2) is 28.4 Å². The van der Waals surface area contributed by atoms with Crippen LogP contribution in [-0.2, 0) is 11.3 Å². The monoisotopic (exact) mass is 356 g/mol. The Morgan fingerprint density at radius 3 is 2.50 bits per heavy atom. The zero-order valence-electron chi connectivity index (χ0n) is 14.2. The molecule has 10 heteroatoms. The predicted octanol–water partition coefficient (Wildman–Crippen LogP) is 3.46. The summed E-state index contributed by atoms with van der Waals surface area (Å²) in [6.45, 7) is 0.560. The minimum Gasteiger partial charge on any atom is -0.369 e. The van der Waals surface area contributed by atoms with Crippen LogP contribution in [0.5, 0.6) is 0 Å². The molecule has 0 aliphatic heterocycles. The van der Waals surface area contributed by atoms with Crippen molar-refractivity contribution in [3.8, 4) is 0 Å². The van der Waals surface area contributed by atoms with E-state index in [1.54, 1.807) is 12.1 Å². The summed E-state index contributed by atoms with van der Waals surface area (Å²) >= 11 is 0. The first-order valence-corrected chi connectivity index (χ1v) is 8.31. The van der Waals surface area contributed by atoms with Gasteiger partial charge in [-0.15, -0.1) is 0 Å². The number of nitrogens with two attached hydrogens (primary N) is 1. The van der Waals surface area contributed by atoms with Gasteiger partial charge in [0.25, 0.3) is 5.91 Å². The van der Waals surface area contributed by atoms with E-state index in [0.717, 1.165) is 25.7 Å². The van der Waals surface area contributed by atoms with Crippen molar-refractivity contribution in [2.45, 2.75) is 32.2 Å². The molecule has 0 saturated heterocycles. The number of azide groups is 2. The van der Waals surface area contributed by atoms with Gasteiger partial charge in [0, 0.05) is 33.5 Å². The van der Waals surface area contributed by atoms with Gasteiger partial charge < -0.3 is 11.1 Å². The molecule has 3 N–H and O–H groups in total. The molecule has 0 unspecified atom stereocenters. The number of amides is 2. The number of nitrogens with zero attached hydrogens (tertiary/aromatic N) is 6. The first-order valence-electron chi connectivity index (χ1n) is 8.31. The molecule has 2 rings (SSSR count). The average molecular weight is 356 g/mol. The van der Waals surface area contributed by atoms with E-state index in [4.69, 9.17) is 16.8 Å². The van der Waals surface area contributed by atoms with Gasteiger partial charge in [-0.2, -0.15) is 0 Å². The van der Waals surface area contributed by atoms with Gasteiger partial charge in [-0.05, 0) is 66.4 Å². The van der Waals surface area contributed by atoms with E-state index in [9.17, 15) is 9.59 Å². The SMILES string of the molecule is [N-]=[N+]=NCc1cc(N=[N+]=[N-])cc(C(=O)NCC2CCC(C(N)=O)CC2)c1. The van der Waals surface area contributed by atoms with Crippen molar-refractivity contribution in [2.24, 2.45) is 27.8 Å². The standard InChI is InChI=1S/C16H20N8O2/c17-15(25)12-3-1-10(2-4-12)8-20-16(26)13-5-11(9-21-23-18)6-14(7-13)22-24-19/h5-7,10,12H,1-4,8-9H2,(H2,17,25)(H,20,26). The molecule has 10 nitrogen and oxygen atoms in total. The second kappa shape index (κ2) is 9.31. The fourth-order valence-electron chi connectivity index (χ4n) is 3.11. The summed E-state index contributed by atoms with van der Waals surface area (Å²) in [7, 11) is 0. The minimum atomic E-state index is -0.292. The fraction of sp³-hybridized carbons (Fsp3) is 0.500. The minimum absolute atomic E-state index is 0.0582. The van der Waals surface area contributed by atoms with Gasteiger partial charge in [0.2, 0.25) is 5.91 Å². The third-order valence-electron chi connectivity index (χ3n) is 4.52. The van der Waals surface area contributed by atoms with Gasteiger partial charge in [0.05, 0.1) is 6.54 Å². The first-order chi connectivity index (χ1) is 12.5. The molecule has 1 aliphatic rings. The number of carbonyl (C=O) groups is 2. The Labute approximate surface area is 150 Å². The molecule has 1 saturated carbocycles. The molecule has 0 bridgehead atoms. The van der Waals surface area contributed by atoms with Gasteiger partial charge in [0.15, 0.2) is 0 Å². The summed E-state index contributed by atoms with van der Waals surface area (Å²) in [5, 5.41) is 9.85. The highest BCUT2D eigenvalue weighted by molar-refractivity contribution is 5.95. The molecule has 136 valence electrons. The van der Waals surface area contributed by atoms with E-state index in [1.807, 2.05) is 0 Å². The number of benzene rings is 1. The molecule has 1 fully saturated rings. The number of carbonyl (C=O) groups excluding carboxylic acids is 2. The molecule has 2 amide bonds. The Morgan fingerprint density at radius 2 is 1.88 bits per heavy atom. The van der Waals surface area contributed by atoms with Crippen molar-refractivity contribution in [1.82, 2.24) is 5.32 Å². The molecule has 0 spiro atoms. The van der Waals surface area contributed by atoms with Gasteiger partial charge in [-0.3, -0.25) is 9.59 Å². The molecule has 1 aromatic rings. The highest BCUT2D eigenvalue weighted by atomic mass is 16.2. The van der Waals surface area contributed by atoms with Crippen LogP contribution in [0.25, 0.3) is 20.9 Å². The zero-order valence-corrected chi connectivity index (χ0v) is 14.2. The lowest BCUT2D eigenvalue weighted by molar-refractivity contribution is -0.122. The van der Waals surface area contributed by atoms with Crippen LogP contribution in [0.1, 0.15) is 41.6 Å². The van der Waals surface area contributed by atoms with Crippen molar-refractivity contribution in [2.75, 3.05) is 6.54 Å². The Balaban J connectivity index is 2.00. The number of primary amides is 1. The normalized spacial score (nSPS) is 18.9. The van der Waals surface area contributed by atoms with E-state index in [0.29, 0.717) is 23.6 Å². The molecule has 0 aromatic heterocycles. The summed E-state index contributed by atoms with van der Waals surface area (Å²) < 4.78 is 0. The largest absolute Gasteiger partial charge is 0.369 e. The molecule has 0 heterocycles. The van der Waals surface area contributed by atoms with Gasteiger partial charge in [-0.1, -0.05) is 10.2 Å². The van der Waals surface area contributed by atoms with Crippen LogP contribution in [0.4, 0.5) is 5.69 Å². The summed E-state index contributed by atoms with van der Waals surface area (Å²) in [4.78, 5) is 29.0. The number of hydrogen-bond donors (Lipinski definition) is 2. The van der Waals surface area contributed by atoms with Crippen LogP contribution in [0.3, 0.4) is 0 Å². The molecule has 0 atom stereocenters. The number of hydrogen-bond acceptors (Lipinski definition) is 4. The van der Waals surface area contributed by atoms with Crippen molar-refractivity contribution >= 4 is 17.5 Å². The molecular weight excluding hydrogens is 336 g/mol. The lowest BCUT2D eigenvalue weighted by Crippen LogP contribution is -2.33. The van der Waals surface area contributed by atoms with E-state index < -0.39 is 0 Å². The molecule has 1 aromatic carbocycles. The Hall–Kier alpha value is -3.22. The summed E-state index contributed by atoms with van der Waals surface area (Å²) in [5.74, 6) is -0.308. The van der Waals surface area contributed by atoms with Gasteiger partial charge in [0.1, 0.15) is 0 Å². The van der Waals surface area contributed by atoms with E-state index in [2.05, 4.69) is 25.4 Å². The maximum absolute atomic E-state index is 12.4. The van der Waals surface area contributed by atoms with Crippen LogP contribution >= 0.6 is 0 Å². The quantitative estimate of drug-likeness (QED) is 0.433. The molecule has 0 radical (unpaired) electrons. The van der Waals surface area contributed by atoms with Crippen LogP contribution < -0.4 is 11.1 Å². The average Bonchev–Trinajstić information content (AvgIpc) is 2.64. The highest BCUT2D eigenvalue weighted by Crippen LogP contribution is 2.28. The topological polar surface area (TPSA) is 170 Å². The van der Waals surface area contributed by atoms with Crippen LogP contribution in [0, 0.1) is 11.8 Å². The maximum Gasteiger partial charge on any atom is 0.251 e. The molecule has 26 heavy (non-hydrogen) atoms. The van der Waals surface area contributed by atoms with Gasteiger partial charge in [-0.25, -0.2) is 0 Å². The zero-order chi connectivity index (χ0) is 18.9. The van der Waals surface area contributed by atoms with Crippen molar-refractivity contribution < 1.29 is 9.59 Å². The van der Waals surface area contributed by atoms with E-state index >= 15 is 0 Å². The Morgan fingerprint density at radius 1 is 1.15 bits per heavy atom. The number of rotatable bonds is 7. The molecule has 1 aliphatic carbocycles. The number of nitrogens with one attached hydrogen (secondary N) is 1. The lowest BCUT2D eigenvalue weighted by Gasteiger charge is -2.26. The Kier molecular flexibility index (Phi) is 6.84. The van der Waals surface area contributed by atoms with E-state index in [1.165, 1.54) is 6.07 Å². The maximum atomic E-state index is 12.4. The summed E-state index contributed by atoms with van der Waals surface area (Å²) in [5.41, 5.74) is 23.5. The Bertz CT molecular complexity index is 772. The second-order valence-electron chi connectivity index (χ2n) is 6.30. The second-order valence-corrected chi connectivity index (χ2v) is 6.30. The smallest absolute Gasteiger partial charge is 0.251 e. The third-order valence-corrected chi connectivity index (χ3v) is 4.52. The lowest BCUT2D eigenvalue weighted by atomic mass is 9.81.